The molecule has 76 valence electrons. The van der Waals surface area contributed by atoms with Crippen LogP contribution in [0.4, 0.5) is 0 Å². The van der Waals surface area contributed by atoms with E-state index in [1.165, 1.54) is 32.5 Å². The van der Waals surface area contributed by atoms with Crippen molar-refractivity contribution in [3.05, 3.63) is 0 Å². The van der Waals surface area contributed by atoms with Crippen molar-refractivity contribution in [2.45, 2.75) is 38.8 Å². The molecule has 0 aromatic heterocycles. The molecular weight excluding hydrogens is 160 g/mol. The fourth-order valence-electron chi connectivity index (χ4n) is 2.53. The smallest absolute Gasteiger partial charge is 0.0257 e. The Bertz CT molecular complexity index is 177. The van der Waals surface area contributed by atoms with Gasteiger partial charge in [0.25, 0.3) is 0 Å². The maximum absolute atomic E-state index is 2.70. The maximum atomic E-state index is 2.70. The lowest BCUT2D eigenvalue weighted by atomic mass is 10.1. The average Bonchev–Trinajstić information content (AvgIpc) is 2.89. The van der Waals surface area contributed by atoms with Crippen LogP contribution >= 0.6 is 0 Å². The first-order valence-corrected chi connectivity index (χ1v) is 5.66. The van der Waals surface area contributed by atoms with Crippen molar-refractivity contribution < 1.29 is 0 Å². The lowest BCUT2D eigenvalue weighted by molar-refractivity contribution is 0.219. The molecule has 1 heterocycles. The van der Waals surface area contributed by atoms with Crippen molar-refractivity contribution in [3.63, 3.8) is 0 Å². The van der Waals surface area contributed by atoms with Gasteiger partial charge in [-0.05, 0) is 32.4 Å². The molecule has 2 rings (SSSR count). The van der Waals surface area contributed by atoms with Crippen molar-refractivity contribution in [2.24, 2.45) is 5.92 Å². The molecule has 0 spiro atoms. The minimum Gasteiger partial charge on any atom is -0.302 e. The third-order valence-electron chi connectivity index (χ3n) is 3.73. The number of likely N-dealkylation sites (N-methyl/N-ethyl adjacent to an activating group) is 1. The minimum absolute atomic E-state index is 0.811. The summed E-state index contributed by atoms with van der Waals surface area (Å²) in [7, 11) is 2.26. The quantitative estimate of drug-likeness (QED) is 0.651. The SMILES string of the molecule is CCN(C)C1CN(C2CC2)CC1C. The van der Waals surface area contributed by atoms with E-state index in [0.29, 0.717) is 0 Å². The van der Waals surface area contributed by atoms with Crippen LogP contribution in [-0.4, -0.2) is 48.6 Å². The van der Waals surface area contributed by atoms with Gasteiger partial charge < -0.3 is 4.90 Å². The highest BCUT2D eigenvalue weighted by atomic mass is 15.3. The van der Waals surface area contributed by atoms with Crippen LogP contribution < -0.4 is 0 Å². The number of hydrogen-bond acceptors (Lipinski definition) is 2. The first-order valence-electron chi connectivity index (χ1n) is 5.66. The fourth-order valence-corrected chi connectivity index (χ4v) is 2.53. The minimum atomic E-state index is 0.811. The third-order valence-corrected chi connectivity index (χ3v) is 3.73. The Kier molecular flexibility index (Phi) is 2.61. The molecule has 0 N–H and O–H groups in total. The standard InChI is InChI=1S/C11H22N2/c1-4-12(3)11-8-13(7-9(11)2)10-5-6-10/h9-11H,4-8H2,1-3H3. The summed E-state index contributed by atoms with van der Waals surface area (Å²) >= 11 is 0. The lowest BCUT2D eigenvalue weighted by Crippen LogP contribution is -2.37. The molecule has 0 bridgehead atoms. The largest absolute Gasteiger partial charge is 0.302 e. The van der Waals surface area contributed by atoms with Crippen LogP contribution in [-0.2, 0) is 0 Å². The van der Waals surface area contributed by atoms with E-state index in [4.69, 9.17) is 0 Å². The number of rotatable bonds is 3. The van der Waals surface area contributed by atoms with Crippen molar-refractivity contribution in [1.82, 2.24) is 9.80 Å². The monoisotopic (exact) mass is 182 g/mol. The molecule has 0 aromatic rings. The van der Waals surface area contributed by atoms with Gasteiger partial charge in [0, 0.05) is 25.2 Å². The van der Waals surface area contributed by atoms with Gasteiger partial charge >= 0.3 is 0 Å². The van der Waals surface area contributed by atoms with E-state index in [-0.39, 0.29) is 0 Å². The van der Waals surface area contributed by atoms with Gasteiger partial charge in [-0.1, -0.05) is 13.8 Å². The molecule has 1 aliphatic carbocycles. The molecule has 0 aromatic carbocycles. The van der Waals surface area contributed by atoms with Gasteiger partial charge in [0.1, 0.15) is 0 Å². The second-order valence-electron chi connectivity index (χ2n) is 4.80. The van der Waals surface area contributed by atoms with Crippen LogP contribution in [0.25, 0.3) is 0 Å². The first kappa shape index (κ1) is 9.47. The fraction of sp³-hybridized carbons (Fsp3) is 1.00. The molecule has 2 heteroatoms. The summed E-state index contributed by atoms with van der Waals surface area (Å²) in [6.07, 6.45) is 2.91. The van der Waals surface area contributed by atoms with Crippen LogP contribution in [0.2, 0.25) is 0 Å². The van der Waals surface area contributed by atoms with Crippen LogP contribution in [0.15, 0.2) is 0 Å². The number of nitrogens with zero attached hydrogens (tertiary/aromatic N) is 2. The molecule has 2 atom stereocenters. The summed E-state index contributed by atoms with van der Waals surface area (Å²) in [4.78, 5) is 5.20. The van der Waals surface area contributed by atoms with Gasteiger partial charge in [0.2, 0.25) is 0 Å². The Morgan fingerprint density at radius 2 is 2.00 bits per heavy atom. The van der Waals surface area contributed by atoms with Gasteiger partial charge in [-0.15, -0.1) is 0 Å². The summed E-state index contributed by atoms with van der Waals surface area (Å²) in [6.45, 7) is 8.50. The zero-order valence-electron chi connectivity index (χ0n) is 9.16. The molecule has 2 aliphatic rings. The zero-order chi connectivity index (χ0) is 9.42. The Balaban J connectivity index is 1.90. The number of hydrogen-bond donors (Lipinski definition) is 0. The van der Waals surface area contributed by atoms with E-state index in [9.17, 15) is 0 Å². The van der Waals surface area contributed by atoms with Crippen molar-refractivity contribution in [3.8, 4) is 0 Å². The lowest BCUT2D eigenvalue weighted by Gasteiger charge is -2.25. The zero-order valence-corrected chi connectivity index (χ0v) is 9.16. The van der Waals surface area contributed by atoms with E-state index in [1.54, 1.807) is 0 Å². The Morgan fingerprint density at radius 1 is 1.31 bits per heavy atom. The highest BCUT2D eigenvalue weighted by molar-refractivity contribution is 4.95. The molecule has 0 radical (unpaired) electrons. The Labute approximate surface area is 81.9 Å². The summed E-state index contributed by atoms with van der Waals surface area (Å²) in [5.41, 5.74) is 0. The molecule has 0 amide bonds. The topological polar surface area (TPSA) is 6.48 Å². The molecule has 2 unspecified atom stereocenters. The summed E-state index contributed by atoms with van der Waals surface area (Å²) in [5.74, 6) is 0.866. The van der Waals surface area contributed by atoms with Gasteiger partial charge in [0.05, 0.1) is 0 Å². The second-order valence-corrected chi connectivity index (χ2v) is 4.80. The van der Waals surface area contributed by atoms with Crippen molar-refractivity contribution >= 4 is 0 Å². The summed E-state index contributed by atoms with van der Waals surface area (Å²) < 4.78 is 0. The van der Waals surface area contributed by atoms with Crippen molar-refractivity contribution in [1.29, 1.82) is 0 Å². The van der Waals surface area contributed by atoms with Crippen LogP contribution in [0.1, 0.15) is 26.7 Å². The molecule has 1 aliphatic heterocycles. The van der Waals surface area contributed by atoms with Gasteiger partial charge in [-0.3, -0.25) is 4.90 Å². The highest BCUT2D eigenvalue weighted by Gasteiger charge is 2.38. The van der Waals surface area contributed by atoms with Crippen LogP contribution in [0.3, 0.4) is 0 Å². The molecular formula is C11H22N2. The van der Waals surface area contributed by atoms with Crippen LogP contribution in [0, 0.1) is 5.92 Å². The van der Waals surface area contributed by atoms with E-state index in [2.05, 4.69) is 30.7 Å². The van der Waals surface area contributed by atoms with Gasteiger partial charge in [-0.2, -0.15) is 0 Å². The van der Waals surface area contributed by atoms with Crippen LogP contribution in [0.5, 0.6) is 0 Å². The van der Waals surface area contributed by atoms with Gasteiger partial charge in [0.15, 0.2) is 0 Å². The van der Waals surface area contributed by atoms with E-state index < -0.39 is 0 Å². The molecule has 1 saturated carbocycles. The van der Waals surface area contributed by atoms with E-state index in [1.807, 2.05) is 0 Å². The van der Waals surface area contributed by atoms with Crippen molar-refractivity contribution in [2.75, 3.05) is 26.7 Å². The first-order chi connectivity index (χ1) is 6.22. The molecule has 1 saturated heterocycles. The maximum Gasteiger partial charge on any atom is 0.0257 e. The third kappa shape index (κ3) is 1.89. The average molecular weight is 182 g/mol. The predicted molar refractivity (Wildman–Crippen MR) is 55.9 cm³/mol. The summed E-state index contributed by atoms with van der Waals surface area (Å²) in [5, 5.41) is 0. The van der Waals surface area contributed by atoms with E-state index >= 15 is 0 Å². The predicted octanol–water partition coefficient (Wildman–Crippen LogP) is 1.42. The Morgan fingerprint density at radius 3 is 2.54 bits per heavy atom. The molecule has 13 heavy (non-hydrogen) atoms. The molecule has 2 fully saturated rings. The number of likely N-dealkylation sites (tertiary alicyclic amines) is 1. The Hall–Kier alpha value is -0.0800. The summed E-state index contributed by atoms with van der Waals surface area (Å²) in [6, 6.07) is 1.77. The normalized spacial score (nSPS) is 36.0. The molecule has 2 nitrogen and oxygen atoms in total. The van der Waals surface area contributed by atoms with E-state index in [0.717, 1.165) is 18.0 Å². The second kappa shape index (κ2) is 3.58. The van der Waals surface area contributed by atoms with Gasteiger partial charge in [-0.25, -0.2) is 0 Å². The highest BCUT2D eigenvalue weighted by Crippen LogP contribution is 2.32.